The third-order valence-electron chi connectivity index (χ3n) is 3.10. The molecule has 1 heterocycles. The van der Waals surface area contributed by atoms with E-state index in [-0.39, 0.29) is 11.6 Å². The number of nitrogens with zero attached hydrogens (tertiary/aromatic N) is 2. The average Bonchev–Trinajstić information content (AvgIpc) is 2.34. The molecule has 1 unspecified atom stereocenters. The molecule has 0 bridgehead atoms. The normalized spacial score (nSPS) is 19.8. The van der Waals surface area contributed by atoms with Crippen LogP contribution in [0.5, 0.6) is 5.75 Å². The van der Waals surface area contributed by atoms with Crippen molar-refractivity contribution in [1.82, 2.24) is 9.80 Å². The van der Waals surface area contributed by atoms with Crippen LogP contribution in [0.4, 0.5) is 0 Å². The maximum absolute atomic E-state index is 10.6. The average molecular weight is 269 g/mol. The molecule has 100 valence electrons. The number of rotatable bonds is 4. The maximum atomic E-state index is 10.6. The van der Waals surface area contributed by atoms with E-state index >= 15 is 0 Å². The highest BCUT2D eigenvalue weighted by Gasteiger charge is 2.16. The molecule has 5 nitrogen and oxygen atoms in total. The molecular weight excluding hydrogens is 252 g/mol. The predicted octanol–water partition coefficient (Wildman–Crippen LogP) is 0.346. The Morgan fingerprint density at radius 2 is 1.67 bits per heavy atom. The molecular formula is C12H17N2O3S-. The van der Waals surface area contributed by atoms with Crippen molar-refractivity contribution in [3.8, 4) is 5.75 Å². The van der Waals surface area contributed by atoms with Crippen LogP contribution < -0.4 is 0 Å². The lowest BCUT2D eigenvalue weighted by Gasteiger charge is -2.34. The van der Waals surface area contributed by atoms with Gasteiger partial charge in [-0.25, -0.2) is 0 Å². The molecule has 0 spiro atoms. The zero-order valence-electron chi connectivity index (χ0n) is 10.1. The number of phenols is 1. The van der Waals surface area contributed by atoms with E-state index in [4.69, 9.17) is 0 Å². The largest absolute Gasteiger partial charge is 0.771 e. The number of piperazine rings is 1. The van der Waals surface area contributed by atoms with Crippen molar-refractivity contribution in [3.05, 3.63) is 29.8 Å². The Hall–Kier alpha value is -0.950. The lowest BCUT2D eigenvalue weighted by molar-refractivity contribution is 0.141. The van der Waals surface area contributed by atoms with Gasteiger partial charge in [-0.15, -0.1) is 0 Å². The number of benzene rings is 1. The van der Waals surface area contributed by atoms with Gasteiger partial charge in [0.05, 0.1) is 5.88 Å². The Balaban J connectivity index is 1.79. The third kappa shape index (κ3) is 4.06. The van der Waals surface area contributed by atoms with Crippen molar-refractivity contribution in [2.75, 3.05) is 32.1 Å². The van der Waals surface area contributed by atoms with Gasteiger partial charge < -0.3 is 9.66 Å². The SMILES string of the molecule is O=S([O-])CN1CCN(Cc2ccc(O)cc2)CC1. The molecule has 0 amide bonds. The summed E-state index contributed by atoms with van der Waals surface area (Å²) in [5.74, 6) is 0.411. The van der Waals surface area contributed by atoms with Gasteiger partial charge in [0.25, 0.3) is 0 Å². The molecule has 1 fully saturated rings. The summed E-state index contributed by atoms with van der Waals surface area (Å²) < 4.78 is 21.2. The molecule has 1 aliphatic rings. The molecule has 0 aromatic heterocycles. The van der Waals surface area contributed by atoms with Crippen LogP contribution in [0.25, 0.3) is 0 Å². The fourth-order valence-electron chi connectivity index (χ4n) is 2.09. The highest BCUT2D eigenvalue weighted by molar-refractivity contribution is 7.79. The number of hydrogen-bond donors (Lipinski definition) is 1. The van der Waals surface area contributed by atoms with Crippen LogP contribution in [0.15, 0.2) is 24.3 Å². The van der Waals surface area contributed by atoms with E-state index in [0.717, 1.165) is 38.3 Å². The minimum Gasteiger partial charge on any atom is -0.771 e. The van der Waals surface area contributed by atoms with Gasteiger partial charge in [0.1, 0.15) is 5.75 Å². The van der Waals surface area contributed by atoms with Crippen LogP contribution in [0, 0.1) is 0 Å². The zero-order valence-corrected chi connectivity index (χ0v) is 10.9. The van der Waals surface area contributed by atoms with Crippen LogP contribution in [0.2, 0.25) is 0 Å². The molecule has 1 aliphatic heterocycles. The van der Waals surface area contributed by atoms with Crippen molar-refractivity contribution >= 4 is 11.1 Å². The zero-order chi connectivity index (χ0) is 13.0. The molecule has 0 radical (unpaired) electrons. The smallest absolute Gasteiger partial charge is 0.115 e. The van der Waals surface area contributed by atoms with Gasteiger partial charge in [-0.1, -0.05) is 12.1 Å². The van der Waals surface area contributed by atoms with E-state index in [1.807, 2.05) is 17.0 Å². The summed E-state index contributed by atoms with van der Waals surface area (Å²) in [5.41, 5.74) is 1.16. The van der Waals surface area contributed by atoms with Crippen LogP contribution in [-0.4, -0.2) is 55.7 Å². The topological polar surface area (TPSA) is 66.8 Å². The van der Waals surface area contributed by atoms with Crippen molar-refractivity contribution in [2.45, 2.75) is 6.54 Å². The molecule has 2 rings (SSSR count). The van der Waals surface area contributed by atoms with E-state index < -0.39 is 11.1 Å². The van der Waals surface area contributed by atoms with E-state index in [1.54, 1.807) is 12.1 Å². The Kier molecular flexibility index (Phi) is 4.71. The third-order valence-corrected chi connectivity index (χ3v) is 3.67. The lowest BCUT2D eigenvalue weighted by atomic mass is 10.2. The molecule has 1 N–H and O–H groups in total. The van der Waals surface area contributed by atoms with Crippen LogP contribution in [0.1, 0.15) is 5.56 Å². The van der Waals surface area contributed by atoms with Gasteiger partial charge in [-0.05, 0) is 28.8 Å². The first-order chi connectivity index (χ1) is 8.63. The second-order valence-corrected chi connectivity index (χ2v) is 5.36. The minimum absolute atomic E-state index is 0.132. The van der Waals surface area contributed by atoms with Gasteiger partial charge in [0.15, 0.2) is 0 Å². The van der Waals surface area contributed by atoms with Crippen LogP contribution in [0.3, 0.4) is 0 Å². The van der Waals surface area contributed by atoms with Gasteiger partial charge in [0, 0.05) is 32.7 Å². The number of phenolic OH excluding ortho intramolecular Hbond substituents is 1. The monoisotopic (exact) mass is 269 g/mol. The molecule has 0 aliphatic carbocycles. The second-order valence-electron chi connectivity index (χ2n) is 4.49. The Bertz CT molecular complexity index is 402. The standard InChI is InChI=1S/C12H18N2O3S/c15-12-3-1-11(2-4-12)9-13-5-7-14(8-6-13)10-18(16)17/h1-4,15H,5-10H2,(H,16,17)/p-1. The highest BCUT2D eigenvalue weighted by atomic mass is 32.2. The minimum atomic E-state index is -1.99. The van der Waals surface area contributed by atoms with E-state index in [9.17, 15) is 13.9 Å². The van der Waals surface area contributed by atoms with Crippen molar-refractivity contribution < 1.29 is 13.9 Å². The Morgan fingerprint density at radius 3 is 2.22 bits per heavy atom. The molecule has 1 saturated heterocycles. The van der Waals surface area contributed by atoms with Gasteiger partial charge in [-0.2, -0.15) is 0 Å². The molecule has 0 saturated carbocycles. The van der Waals surface area contributed by atoms with Gasteiger partial charge in [0.2, 0.25) is 0 Å². The molecule has 1 aromatic rings. The number of aromatic hydroxyl groups is 1. The maximum Gasteiger partial charge on any atom is 0.115 e. The van der Waals surface area contributed by atoms with Crippen molar-refractivity contribution in [3.63, 3.8) is 0 Å². The molecule has 1 aromatic carbocycles. The summed E-state index contributed by atoms with van der Waals surface area (Å²) in [6, 6.07) is 7.20. The Labute approximate surface area is 109 Å². The van der Waals surface area contributed by atoms with Gasteiger partial charge in [-0.3, -0.25) is 14.0 Å². The fraction of sp³-hybridized carbons (Fsp3) is 0.500. The highest BCUT2D eigenvalue weighted by Crippen LogP contribution is 2.13. The quantitative estimate of drug-likeness (QED) is 0.799. The van der Waals surface area contributed by atoms with Crippen LogP contribution >= 0.6 is 0 Å². The summed E-state index contributed by atoms with van der Waals surface area (Å²) in [5, 5.41) is 9.20. The molecule has 18 heavy (non-hydrogen) atoms. The summed E-state index contributed by atoms with van der Waals surface area (Å²) in [6.07, 6.45) is 0. The molecule has 6 heteroatoms. The first kappa shape index (κ1) is 13.5. The van der Waals surface area contributed by atoms with E-state index in [2.05, 4.69) is 4.90 Å². The summed E-state index contributed by atoms with van der Waals surface area (Å²) in [4.78, 5) is 4.23. The number of hydrogen-bond acceptors (Lipinski definition) is 5. The van der Waals surface area contributed by atoms with Crippen molar-refractivity contribution in [1.29, 1.82) is 0 Å². The van der Waals surface area contributed by atoms with E-state index in [0.29, 0.717) is 0 Å². The molecule has 1 atom stereocenters. The first-order valence-electron chi connectivity index (χ1n) is 5.92. The van der Waals surface area contributed by atoms with Crippen molar-refractivity contribution in [2.24, 2.45) is 0 Å². The van der Waals surface area contributed by atoms with Crippen LogP contribution in [-0.2, 0) is 17.6 Å². The predicted molar refractivity (Wildman–Crippen MR) is 68.7 cm³/mol. The Morgan fingerprint density at radius 1 is 1.11 bits per heavy atom. The lowest BCUT2D eigenvalue weighted by Crippen LogP contribution is -2.46. The van der Waals surface area contributed by atoms with Gasteiger partial charge >= 0.3 is 0 Å². The summed E-state index contributed by atoms with van der Waals surface area (Å²) >= 11 is -1.99. The van der Waals surface area contributed by atoms with E-state index in [1.165, 1.54) is 0 Å². The second kappa shape index (κ2) is 6.29. The summed E-state index contributed by atoms with van der Waals surface area (Å²) in [6.45, 7) is 4.16. The fourth-order valence-corrected chi connectivity index (χ4v) is 2.64. The first-order valence-corrected chi connectivity index (χ1v) is 7.16. The summed E-state index contributed by atoms with van der Waals surface area (Å²) in [7, 11) is 0.